The van der Waals surface area contributed by atoms with Gasteiger partial charge < -0.3 is 5.11 Å². The summed E-state index contributed by atoms with van der Waals surface area (Å²) in [4.78, 5) is 0. The van der Waals surface area contributed by atoms with E-state index in [4.69, 9.17) is 5.11 Å². The second-order valence-corrected chi connectivity index (χ2v) is 3.09. The lowest BCUT2D eigenvalue weighted by atomic mass is 10.2. The van der Waals surface area contributed by atoms with Crippen LogP contribution in [-0.4, -0.2) is 5.11 Å². The SMILES string of the molecule is Oc1ccc(C#CC2CC2)cc1. The summed E-state index contributed by atoms with van der Waals surface area (Å²) in [6.07, 6.45) is 2.51. The zero-order valence-corrected chi connectivity index (χ0v) is 6.75. The Kier molecular flexibility index (Phi) is 1.75. The first kappa shape index (κ1) is 7.24. The van der Waals surface area contributed by atoms with Crippen molar-refractivity contribution in [2.75, 3.05) is 0 Å². The molecule has 1 heteroatoms. The van der Waals surface area contributed by atoms with Gasteiger partial charge in [-0.2, -0.15) is 0 Å². The van der Waals surface area contributed by atoms with Crippen molar-refractivity contribution >= 4 is 0 Å². The van der Waals surface area contributed by atoms with Gasteiger partial charge in [0.2, 0.25) is 0 Å². The predicted molar refractivity (Wildman–Crippen MR) is 47.7 cm³/mol. The molecular formula is C11H10O. The number of aromatic hydroxyl groups is 1. The summed E-state index contributed by atoms with van der Waals surface area (Å²) >= 11 is 0. The fraction of sp³-hybridized carbons (Fsp3) is 0.273. The van der Waals surface area contributed by atoms with Gasteiger partial charge in [0.25, 0.3) is 0 Å². The largest absolute Gasteiger partial charge is 0.508 e. The average Bonchev–Trinajstić information content (AvgIpc) is 2.87. The van der Waals surface area contributed by atoms with Gasteiger partial charge in [-0.3, -0.25) is 0 Å². The zero-order chi connectivity index (χ0) is 8.39. The van der Waals surface area contributed by atoms with Crippen molar-refractivity contribution in [1.82, 2.24) is 0 Å². The van der Waals surface area contributed by atoms with Gasteiger partial charge in [-0.1, -0.05) is 11.8 Å². The minimum absolute atomic E-state index is 0.298. The molecule has 1 nitrogen and oxygen atoms in total. The fourth-order valence-electron chi connectivity index (χ4n) is 0.958. The number of hydrogen-bond donors (Lipinski definition) is 1. The van der Waals surface area contributed by atoms with Crippen LogP contribution >= 0.6 is 0 Å². The highest BCUT2D eigenvalue weighted by atomic mass is 16.3. The molecule has 60 valence electrons. The summed E-state index contributed by atoms with van der Waals surface area (Å²) in [5.74, 6) is 7.17. The number of hydrogen-bond acceptors (Lipinski definition) is 1. The Labute approximate surface area is 72.0 Å². The van der Waals surface area contributed by atoms with E-state index in [2.05, 4.69) is 11.8 Å². The van der Waals surface area contributed by atoms with Gasteiger partial charge in [-0.25, -0.2) is 0 Å². The molecule has 0 saturated heterocycles. The van der Waals surface area contributed by atoms with Crippen LogP contribution in [0.4, 0.5) is 0 Å². The maximum atomic E-state index is 9.00. The average molecular weight is 158 g/mol. The molecule has 0 aromatic heterocycles. The lowest BCUT2D eigenvalue weighted by Crippen LogP contribution is -1.72. The Bertz CT molecular complexity index is 322. The lowest BCUT2D eigenvalue weighted by Gasteiger charge is -1.90. The summed E-state index contributed by atoms with van der Waals surface area (Å²) in [5, 5.41) is 9.00. The Balaban J connectivity index is 2.13. The Morgan fingerprint density at radius 3 is 2.42 bits per heavy atom. The van der Waals surface area contributed by atoms with Crippen LogP contribution in [0.25, 0.3) is 0 Å². The Morgan fingerprint density at radius 2 is 1.83 bits per heavy atom. The molecule has 1 aliphatic rings. The minimum atomic E-state index is 0.298. The molecule has 12 heavy (non-hydrogen) atoms. The molecule has 2 rings (SSSR count). The molecule has 0 bridgehead atoms. The highest BCUT2D eigenvalue weighted by Gasteiger charge is 2.17. The van der Waals surface area contributed by atoms with Gasteiger partial charge in [-0.15, -0.1) is 0 Å². The molecule has 0 unspecified atom stereocenters. The molecule has 1 saturated carbocycles. The number of rotatable bonds is 0. The Morgan fingerprint density at radius 1 is 1.17 bits per heavy atom. The Hall–Kier alpha value is -1.42. The van der Waals surface area contributed by atoms with E-state index < -0.39 is 0 Å². The van der Waals surface area contributed by atoms with E-state index >= 15 is 0 Å². The zero-order valence-electron chi connectivity index (χ0n) is 6.75. The normalized spacial score (nSPS) is 15.0. The van der Waals surface area contributed by atoms with E-state index in [1.165, 1.54) is 12.8 Å². The topological polar surface area (TPSA) is 20.2 Å². The minimum Gasteiger partial charge on any atom is -0.508 e. The van der Waals surface area contributed by atoms with Gasteiger partial charge in [0.1, 0.15) is 5.75 Å². The summed E-state index contributed by atoms with van der Waals surface area (Å²) in [7, 11) is 0. The van der Waals surface area contributed by atoms with Gasteiger partial charge in [-0.05, 0) is 37.1 Å². The molecule has 1 aliphatic carbocycles. The van der Waals surface area contributed by atoms with Crippen molar-refractivity contribution < 1.29 is 5.11 Å². The molecule has 0 heterocycles. The third kappa shape index (κ3) is 1.79. The molecule has 0 atom stereocenters. The number of phenols is 1. The van der Waals surface area contributed by atoms with Crippen LogP contribution in [0.2, 0.25) is 0 Å². The van der Waals surface area contributed by atoms with Crippen LogP contribution < -0.4 is 0 Å². The third-order valence-corrected chi connectivity index (χ3v) is 1.87. The van der Waals surface area contributed by atoms with Crippen molar-refractivity contribution in [3.8, 4) is 17.6 Å². The second kappa shape index (κ2) is 2.91. The monoisotopic (exact) mass is 158 g/mol. The smallest absolute Gasteiger partial charge is 0.115 e. The molecule has 0 spiro atoms. The maximum absolute atomic E-state index is 9.00. The van der Waals surface area contributed by atoms with Crippen molar-refractivity contribution in [2.45, 2.75) is 12.8 Å². The standard InChI is InChI=1S/C11H10O/c12-11-7-5-10(6-8-11)4-3-9-1-2-9/h5-9,12H,1-2H2. The molecule has 1 fully saturated rings. The number of phenolic OH excluding ortho intramolecular Hbond substituents is 1. The highest BCUT2D eigenvalue weighted by molar-refractivity contribution is 5.38. The third-order valence-electron chi connectivity index (χ3n) is 1.87. The predicted octanol–water partition coefficient (Wildman–Crippen LogP) is 2.15. The maximum Gasteiger partial charge on any atom is 0.115 e. The molecule has 0 radical (unpaired) electrons. The molecule has 1 aromatic rings. The molecule has 0 aliphatic heterocycles. The summed E-state index contributed by atoms with van der Waals surface area (Å²) in [5.41, 5.74) is 0.986. The first-order valence-corrected chi connectivity index (χ1v) is 4.15. The highest BCUT2D eigenvalue weighted by Crippen LogP contribution is 2.27. The quantitative estimate of drug-likeness (QED) is 0.573. The lowest BCUT2D eigenvalue weighted by molar-refractivity contribution is 0.475. The second-order valence-electron chi connectivity index (χ2n) is 3.09. The van der Waals surface area contributed by atoms with Crippen LogP contribution in [-0.2, 0) is 0 Å². The van der Waals surface area contributed by atoms with Gasteiger partial charge >= 0.3 is 0 Å². The molecular weight excluding hydrogens is 148 g/mol. The van der Waals surface area contributed by atoms with Crippen molar-refractivity contribution in [2.24, 2.45) is 5.92 Å². The van der Waals surface area contributed by atoms with E-state index in [0.717, 1.165) is 5.56 Å². The van der Waals surface area contributed by atoms with Crippen molar-refractivity contribution in [3.05, 3.63) is 29.8 Å². The van der Waals surface area contributed by atoms with E-state index in [1.807, 2.05) is 12.1 Å². The summed E-state index contributed by atoms with van der Waals surface area (Å²) in [6, 6.07) is 7.00. The van der Waals surface area contributed by atoms with Gasteiger partial charge in [0, 0.05) is 11.5 Å². The fourth-order valence-corrected chi connectivity index (χ4v) is 0.958. The van der Waals surface area contributed by atoms with Crippen LogP contribution in [0, 0.1) is 17.8 Å². The summed E-state index contributed by atoms with van der Waals surface area (Å²) < 4.78 is 0. The number of benzene rings is 1. The van der Waals surface area contributed by atoms with E-state index in [-0.39, 0.29) is 0 Å². The molecule has 0 amide bonds. The first-order valence-electron chi connectivity index (χ1n) is 4.15. The van der Waals surface area contributed by atoms with E-state index in [0.29, 0.717) is 11.7 Å². The van der Waals surface area contributed by atoms with E-state index in [1.54, 1.807) is 12.1 Å². The van der Waals surface area contributed by atoms with Crippen LogP contribution in [0.5, 0.6) is 5.75 Å². The summed E-state index contributed by atoms with van der Waals surface area (Å²) in [6.45, 7) is 0. The van der Waals surface area contributed by atoms with Crippen LogP contribution in [0.1, 0.15) is 18.4 Å². The van der Waals surface area contributed by atoms with E-state index in [9.17, 15) is 0 Å². The molecule has 1 N–H and O–H groups in total. The van der Waals surface area contributed by atoms with Gasteiger partial charge in [0.05, 0.1) is 0 Å². The van der Waals surface area contributed by atoms with Crippen LogP contribution in [0.3, 0.4) is 0 Å². The van der Waals surface area contributed by atoms with Gasteiger partial charge in [0.15, 0.2) is 0 Å². The van der Waals surface area contributed by atoms with Crippen LogP contribution in [0.15, 0.2) is 24.3 Å². The molecule has 1 aromatic carbocycles. The van der Waals surface area contributed by atoms with Crippen molar-refractivity contribution in [1.29, 1.82) is 0 Å². The van der Waals surface area contributed by atoms with Crippen molar-refractivity contribution in [3.63, 3.8) is 0 Å². The first-order chi connectivity index (χ1) is 5.84.